The van der Waals surface area contributed by atoms with Crippen molar-refractivity contribution in [3.63, 3.8) is 0 Å². The van der Waals surface area contributed by atoms with E-state index < -0.39 is 0 Å². The number of aromatic nitrogens is 2. The lowest BCUT2D eigenvalue weighted by molar-refractivity contribution is 0.0861. The zero-order chi connectivity index (χ0) is 25.1. The lowest BCUT2D eigenvalue weighted by atomic mass is 9.89. The molecule has 2 atom stereocenters. The number of nitrogens with zero attached hydrogens (tertiary/aromatic N) is 2. The van der Waals surface area contributed by atoms with E-state index in [1.54, 1.807) is 13.8 Å². The highest BCUT2D eigenvalue weighted by Crippen LogP contribution is 2.28. The van der Waals surface area contributed by atoms with E-state index in [0.29, 0.717) is 34.0 Å². The zero-order valence-electron chi connectivity index (χ0n) is 20.3. The molecule has 0 aliphatic heterocycles. The predicted octanol–water partition coefficient (Wildman–Crippen LogP) is 5.08. The van der Waals surface area contributed by atoms with Crippen molar-refractivity contribution in [3.8, 4) is 22.5 Å². The summed E-state index contributed by atoms with van der Waals surface area (Å²) in [6.45, 7) is 3.46. The molecule has 1 aliphatic carbocycles. The molecule has 2 aromatic heterocycles. The SMILES string of the molecule is Cc1onc(-c2ccccc2)c1C(=O)N[C@H]1CCCC[C@@H]1NC(=O)c1c(-c2ccccc2)noc1C. The summed E-state index contributed by atoms with van der Waals surface area (Å²) in [5.41, 5.74) is 3.47. The van der Waals surface area contributed by atoms with Crippen LogP contribution in [0.1, 0.15) is 57.9 Å². The van der Waals surface area contributed by atoms with Gasteiger partial charge in [-0.15, -0.1) is 0 Å². The molecule has 184 valence electrons. The van der Waals surface area contributed by atoms with Crippen LogP contribution < -0.4 is 10.6 Å². The molecule has 2 N–H and O–H groups in total. The molecule has 0 radical (unpaired) electrons. The average Bonchev–Trinajstić information content (AvgIpc) is 3.49. The molecule has 0 bridgehead atoms. The largest absolute Gasteiger partial charge is 0.360 e. The summed E-state index contributed by atoms with van der Waals surface area (Å²) in [5.74, 6) is 0.389. The van der Waals surface area contributed by atoms with E-state index >= 15 is 0 Å². The maximum absolute atomic E-state index is 13.4. The molecule has 2 amide bonds. The van der Waals surface area contributed by atoms with Gasteiger partial charge >= 0.3 is 0 Å². The number of aryl methyl sites for hydroxylation is 2. The van der Waals surface area contributed by atoms with Gasteiger partial charge in [0.25, 0.3) is 11.8 Å². The summed E-state index contributed by atoms with van der Waals surface area (Å²) < 4.78 is 10.7. The lowest BCUT2D eigenvalue weighted by Gasteiger charge is -2.32. The van der Waals surface area contributed by atoms with E-state index in [4.69, 9.17) is 9.05 Å². The first-order valence-corrected chi connectivity index (χ1v) is 12.2. The Morgan fingerprint density at radius 3 is 1.47 bits per heavy atom. The topological polar surface area (TPSA) is 110 Å². The normalized spacial score (nSPS) is 17.5. The van der Waals surface area contributed by atoms with Crippen LogP contribution in [0.5, 0.6) is 0 Å². The minimum atomic E-state index is -0.259. The van der Waals surface area contributed by atoms with Gasteiger partial charge < -0.3 is 19.7 Å². The van der Waals surface area contributed by atoms with E-state index in [-0.39, 0.29) is 23.9 Å². The monoisotopic (exact) mass is 484 g/mol. The highest BCUT2D eigenvalue weighted by atomic mass is 16.5. The number of hydrogen-bond donors (Lipinski definition) is 2. The first-order valence-electron chi connectivity index (χ1n) is 12.2. The second-order valence-electron chi connectivity index (χ2n) is 9.10. The van der Waals surface area contributed by atoms with Gasteiger partial charge in [0.1, 0.15) is 34.0 Å². The summed E-state index contributed by atoms with van der Waals surface area (Å²) in [5, 5.41) is 14.5. The number of carbonyl (C=O) groups is 2. The van der Waals surface area contributed by atoms with Crippen LogP contribution in [0.4, 0.5) is 0 Å². The number of carbonyl (C=O) groups excluding carboxylic acids is 2. The van der Waals surface area contributed by atoms with Crippen molar-refractivity contribution in [3.05, 3.63) is 83.3 Å². The van der Waals surface area contributed by atoms with Crippen LogP contribution in [-0.2, 0) is 0 Å². The molecule has 1 saturated carbocycles. The number of nitrogens with one attached hydrogen (secondary N) is 2. The van der Waals surface area contributed by atoms with Crippen LogP contribution in [0.3, 0.4) is 0 Å². The minimum absolute atomic E-state index is 0.228. The van der Waals surface area contributed by atoms with Gasteiger partial charge in [0, 0.05) is 23.2 Å². The summed E-state index contributed by atoms with van der Waals surface area (Å²) in [6, 6.07) is 18.5. The molecule has 8 nitrogen and oxygen atoms in total. The molecule has 2 heterocycles. The van der Waals surface area contributed by atoms with E-state index in [1.807, 2.05) is 60.7 Å². The van der Waals surface area contributed by atoms with Crippen molar-refractivity contribution in [1.82, 2.24) is 20.9 Å². The van der Waals surface area contributed by atoms with Gasteiger partial charge in [-0.05, 0) is 26.7 Å². The fraction of sp³-hybridized carbons (Fsp3) is 0.286. The smallest absolute Gasteiger partial charge is 0.257 e. The Hall–Kier alpha value is -4.20. The van der Waals surface area contributed by atoms with Crippen LogP contribution >= 0.6 is 0 Å². The summed E-state index contributed by atoms with van der Waals surface area (Å²) in [4.78, 5) is 26.8. The van der Waals surface area contributed by atoms with Crippen LogP contribution in [-0.4, -0.2) is 34.2 Å². The van der Waals surface area contributed by atoms with Crippen molar-refractivity contribution in [2.24, 2.45) is 0 Å². The second kappa shape index (κ2) is 10.2. The van der Waals surface area contributed by atoms with Crippen LogP contribution in [0.25, 0.3) is 22.5 Å². The Morgan fingerprint density at radius 1 is 0.694 bits per heavy atom. The maximum Gasteiger partial charge on any atom is 0.257 e. The Labute approximate surface area is 209 Å². The van der Waals surface area contributed by atoms with Crippen LogP contribution in [0.15, 0.2) is 69.7 Å². The zero-order valence-corrected chi connectivity index (χ0v) is 20.3. The average molecular weight is 485 g/mol. The Bertz CT molecular complexity index is 1260. The molecule has 0 saturated heterocycles. The van der Waals surface area contributed by atoms with Crippen LogP contribution in [0.2, 0.25) is 0 Å². The molecule has 5 rings (SSSR count). The molecule has 1 aliphatic rings. The quantitative estimate of drug-likeness (QED) is 0.395. The molecular weight excluding hydrogens is 456 g/mol. The standard InChI is InChI=1S/C28H28N4O4/c1-17-23(25(31-35-17)19-11-5-3-6-12-19)27(33)29-21-15-9-10-16-22(21)30-28(34)24-18(2)36-32-26(24)20-13-7-4-8-14-20/h3-8,11-14,21-22H,9-10,15-16H2,1-2H3,(H,29,33)(H,30,34)/t21-,22-/m0/s1. The number of rotatable bonds is 6. The highest BCUT2D eigenvalue weighted by Gasteiger charge is 2.32. The van der Waals surface area contributed by atoms with Crippen molar-refractivity contribution >= 4 is 11.8 Å². The predicted molar refractivity (Wildman–Crippen MR) is 134 cm³/mol. The van der Waals surface area contributed by atoms with Gasteiger partial charge in [-0.25, -0.2) is 0 Å². The first-order chi connectivity index (χ1) is 17.5. The van der Waals surface area contributed by atoms with Gasteiger partial charge in [0.15, 0.2) is 0 Å². The molecule has 0 spiro atoms. The summed E-state index contributed by atoms with van der Waals surface area (Å²) in [6.07, 6.45) is 3.45. The summed E-state index contributed by atoms with van der Waals surface area (Å²) in [7, 11) is 0. The molecule has 2 aromatic carbocycles. The molecule has 4 aromatic rings. The van der Waals surface area contributed by atoms with E-state index in [2.05, 4.69) is 20.9 Å². The first kappa shape index (κ1) is 23.5. The second-order valence-corrected chi connectivity index (χ2v) is 9.10. The molecule has 0 unspecified atom stereocenters. The van der Waals surface area contributed by atoms with Gasteiger partial charge in [0.05, 0.1) is 0 Å². The third-order valence-corrected chi connectivity index (χ3v) is 6.67. The fourth-order valence-corrected chi connectivity index (χ4v) is 4.82. The number of benzene rings is 2. The lowest BCUT2D eigenvalue weighted by Crippen LogP contribution is -2.53. The summed E-state index contributed by atoms with van der Waals surface area (Å²) >= 11 is 0. The van der Waals surface area contributed by atoms with Crippen molar-refractivity contribution in [1.29, 1.82) is 0 Å². The highest BCUT2D eigenvalue weighted by molar-refractivity contribution is 6.02. The molecule has 36 heavy (non-hydrogen) atoms. The number of amides is 2. The van der Waals surface area contributed by atoms with Crippen molar-refractivity contribution in [2.45, 2.75) is 51.6 Å². The van der Waals surface area contributed by atoms with E-state index in [1.165, 1.54) is 0 Å². The van der Waals surface area contributed by atoms with Gasteiger partial charge in [0.2, 0.25) is 0 Å². The number of hydrogen-bond acceptors (Lipinski definition) is 6. The van der Waals surface area contributed by atoms with Gasteiger partial charge in [-0.1, -0.05) is 83.8 Å². The van der Waals surface area contributed by atoms with Gasteiger partial charge in [-0.2, -0.15) is 0 Å². The minimum Gasteiger partial charge on any atom is -0.360 e. The Balaban J connectivity index is 1.35. The van der Waals surface area contributed by atoms with Crippen molar-refractivity contribution in [2.75, 3.05) is 0 Å². The van der Waals surface area contributed by atoms with Crippen LogP contribution in [0, 0.1) is 13.8 Å². The molecule has 8 heteroatoms. The molecule has 1 fully saturated rings. The Morgan fingerprint density at radius 2 is 1.08 bits per heavy atom. The third kappa shape index (κ3) is 4.66. The third-order valence-electron chi connectivity index (χ3n) is 6.67. The molecular formula is C28H28N4O4. The van der Waals surface area contributed by atoms with Crippen molar-refractivity contribution < 1.29 is 18.6 Å². The fourth-order valence-electron chi connectivity index (χ4n) is 4.82. The Kier molecular flexibility index (Phi) is 6.66. The van der Waals surface area contributed by atoms with Gasteiger partial charge in [-0.3, -0.25) is 9.59 Å². The van der Waals surface area contributed by atoms with E-state index in [0.717, 1.165) is 36.8 Å². The maximum atomic E-state index is 13.4. The van der Waals surface area contributed by atoms with E-state index in [9.17, 15) is 9.59 Å².